The molecular formula is C12H26N2O2S. The average Bonchev–Trinajstić information content (AvgIpc) is 2.99. The molecule has 0 aliphatic heterocycles. The van der Waals surface area contributed by atoms with Gasteiger partial charge < -0.3 is 5.32 Å². The zero-order valence-corrected chi connectivity index (χ0v) is 12.3. The maximum absolute atomic E-state index is 12.0. The number of nitrogens with one attached hydrogen (secondary N) is 1. The molecule has 1 N–H and O–H groups in total. The zero-order chi connectivity index (χ0) is 13.1. The molecule has 1 atom stereocenters. The topological polar surface area (TPSA) is 49.4 Å². The average molecular weight is 262 g/mol. The van der Waals surface area contributed by atoms with Gasteiger partial charge in [-0.15, -0.1) is 0 Å². The Kier molecular flexibility index (Phi) is 5.41. The molecule has 0 aromatic carbocycles. The molecule has 1 saturated carbocycles. The minimum atomic E-state index is -3.10. The number of nitrogens with zero attached hydrogens (tertiary/aromatic N) is 1. The smallest absolute Gasteiger partial charge is 0.215 e. The van der Waals surface area contributed by atoms with Gasteiger partial charge in [0.2, 0.25) is 10.0 Å². The first-order chi connectivity index (χ1) is 7.83. The van der Waals surface area contributed by atoms with Crippen LogP contribution in [0.2, 0.25) is 0 Å². The molecule has 0 bridgehead atoms. The van der Waals surface area contributed by atoms with Crippen molar-refractivity contribution in [3.8, 4) is 0 Å². The molecule has 1 rings (SSSR count). The van der Waals surface area contributed by atoms with E-state index >= 15 is 0 Å². The molecular weight excluding hydrogens is 236 g/mol. The molecule has 4 nitrogen and oxygen atoms in total. The van der Waals surface area contributed by atoms with E-state index in [0.717, 1.165) is 6.42 Å². The fourth-order valence-electron chi connectivity index (χ4n) is 1.93. The predicted molar refractivity (Wildman–Crippen MR) is 71.5 cm³/mol. The lowest BCUT2D eigenvalue weighted by Gasteiger charge is -2.25. The number of rotatable bonds is 8. The summed E-state index contributed by atoms with van der Waals surface area (Å²) >= 11 is 0. The standard InChI is InChI=1S/C12H26N2O2S/c1-10(2)9-11(3)14(4)17(15,16)8-7-13-12-5-6-12/h10-13H,5-9H2,1-4H3. The summed E-state index contributed by atoms with van der Waals surface area (Å²) < 4.78 is 25.6. The van der Waals surface area contributed by atoms with Crippen LogP contribution >= 0.6 is 0 Å². The monoisotopic (exact) mass is 262 g/mol. The van der Waals surface area contributed by atoms with Crippen LogP contribution in [0.5, 0.6) is 0 Å². The summed E-state index contributed by atoms with van der Waals surface area (Å²) in [4.78, 5) is 0. The maximum atomic E-state index is 12.0. The van der Waals surface area contributed by atoms with E-state index < -0.39 is 10.0 Å². The molecule has 0 radical (unpaired) electrons. The van der Waals surface area contributed by atoms with Crippen LogP contribution in [0.4, 0.5) is 0 Å². The first kappa shape index (κ1) is 14.9. The first-order valence-electron chi connectivity index (χ1n) is 6.52. The van der Waals surface area contributed by atoms with Gasteiger partial charge in [0.15, 0.2) is 0 Å². The van der Waals surface area contributed by atoms with Crippen LogP contribution in [0, 0.1) is 5.92 Å². The van der Waals surface area contributed by atoms with Crippen LogP contribution in [0.15, 0.2) is 0 Å². The third-order valence-electron chi connectivity index (χ3n) is 3.24. The SMILES string of the molecule is CC(C)CC(C)N(C)S(=O)(=O)CCNC1CC1. The van der Waals surface area contributed by atoms with E-state index in [2.05, 4.69) is 19.2 Å². The van der Waals surface area contributed by atoms with Gasteiger partial charge in [-0.2, -0.15) is 0 Å². The molecule has 0 aromatic heterocycles. The summed E-state index contributed by atoms with van der Waals surface area (Å²) in [5.41, 5.74) is 0. The Balaban J connectivity index is 2.37. The minimum Gasteiger partial charge on any atom is -0.313 e. The minimum absolute atomic E-state index is 0.0842. The van der Waals surface area contributed by atoms with E-state index in [0.29, 0.717) is 18.5 Å². The fourth-order valence-corrected chi connectivity index (χ4v) is 3.23. The van der Waals surface area contributed by atoms with Crippen LogP contribution in [0.1, 0.15) is 40.0 Å². The van der Waals surface area contributed by atoms with Crippen molar-refractivity contribution in [2.75, 3.05) is 19.3 Å². The molecule has 0 saturated heterocycles. The Labute approximate surface area is 106 Å². The van der Waals surface area contributed by atoms with Gasteiger partial charge in [0.05, 0.1) is 5.75 Å². The van der Waals surface area contributed by atoms with E-state index in [1.807, 2.05) is 6.92 Å². The van der Waals surface area contributed by atoms with Gasteiger partial charge in [-0.3, -0.25) is 0 Å². The largest absolute Gasteiger partial charge is 0.313 e. The van der Waals surface area contributed by atoms with Gasteiger partial charge in [-0.25, -0.2) is 12.7 Å². The molecule has 1 fully saturated rings. The lowest BCUT2D eigenvalue weighted by Crippen LogP contribution is -2.39. The fraction of sp³-hybridized carbons (Fsp3) is 1.00. The molecule has 0 aromatic rings. The second-order valence-corrected chi connectivity index (χ2v) is 7.69. The van der Waals surface area contributed by atoms with Crippen molar-refractivity contribution in [1.82, 2.24) is 9.62 Å². The highest BCUT2D eigenvalue weighted by atomic mass is 32.2. The lowest BCUT2D eigenvalue weighted by molar-refractivity contribution is 0.337. The molecule has 102 valence electrons. The van der Waals surface area contributed by atoms with Gasteiger partial charge in [-0.05, 0) is 32.1 Å². The molecule has 17 heavy (non-hydrogen) atoms. The summed E-state index contributed by atoms with van der Waals surface area (Å²) in [7, 11) is -1.41. The summed E-state index contributed by atoms with van der Waals surface area (Å²) in [6.07, 6.45) is 3.30. The van der Waals surface area contributed by atoms with Gasteiger partial charge >= 0.3 is 0 Å². The van der Waals surface area contributed by atoms with Crippen molar-refractivity contribution in [1.29, 1.82) is 0 Å². The van der Waals surface area contributed by atoms with Crippen LogP contribution in [-0.2, 0) is 10.0 Å². The van der Waals surface area contributed by atoms with Gasteiger partial charge in [0.1, 0.15) is 0 Å². The van der Waals surface area contributed by atoms with Crippen molar-refractivity contribution in [3.63, 3.8) is 0 Å². The van der Waals surface area contributed by atoms with E-state index in [1.54, 1.807) is 7.05 Å². The Morgan fingerprint density at radius 1 is 1.29 bits per heavy atom. The molecule has 0 heterocycles. The van der Waals surface area contributed by atoms with Crippen LogP contribution < -0.4 is 5.32 Å². The van der Waals surface area contributed by atoms with Crippen molar-refractivity contribution in [2.24, 2.45) is 5.92 Å². The van der Waals surface area contributed by atoms with Crippen molar-refractivity contribution in [3.05, 3.63) is 0 Å². The Morgan fingerprint density at radius 2 is 1.88 bits per heavy atom. The third kappa shape index (κ3) is 5.36. The van der Waals surface area contributed by atoms with Crippen LogP contribution in [-0.4, -0.2) is 44.2 Å². The first-order valence-corrected chi connectivity index (χ1v) is 8.13. The maximum Gasteiger partial charge on any atom is 0.215 e. The molecule has 0 spiro atoms. The highest BCUT2D eigenvalue weighted by molar-refractivity contribution is 7.89. The van der Waals surface area contributed by atoms with Gasteiger partial charge in [-0.1, -0.05) is 13.8 Å². The number of hydrogen-bond acceptors (Lipinski definition) is 3. The highest BCUT2D eigenvalue weighted by Gasteiger charge is 2.25. The van der Waals surface area contributed by atoms with Crippen molar-refractivity contribution in [2.45, 2.75) is 52.1 Å². The second kappa shape index (κ2) is 6.16. The van der Waals surface area contributed by atoms with Crippen LogP contribution in [0.3, 0.4) is 0 Å². The van der Waals surface area contributed by atoms with Crippen molar-refractivity contribution >= 4 is 10.0 Å². The Morgan fingerprint density at radius 3 is 2.35 bits per heavy atom. The number of hydrogen-bond donors (Lipinski definition) is 1. The summed E-state index contributed by atoms with van der Waals surface area (Å²) in [6, 6.07) is 0.657. The molecule has 1 aliphatic carbocycles. The van der Waals surface area contributed by atoms with Gasteiger partial charge in [0.25, 0.3) is 0 Å². The second-order valence-electron chi connectivity index (χ2n) is 5.54. The molecule has 5 heteroatoms. The summed E-state index contributed by atoms with van der Waals surface area (Å²) in [6.45, 7) is 6.79. The van der Waals surface area contributed by atoms with Crippen molar-refractivity contribution < 1.29 is 8.42 Å². The Bertz CT molecular complexity index is 323. The number of sulfonamides is 1. The van der Waals surface area contributed by atoms with E-state index in [-0.39, 0.29) is 11.8 Å². The quantitative estimate of drug-likeness (QED) is 0.720. The predicted octanol–water partition coefficient (Wildman–Crippen LogP) is 1.43. The summed E-state index contributed by atoms with van der Waals surface area (Å²) in [5.74, 6) is 0.731. The summed E-state index contributed by atoms with van der Waals surface area (Å²) in [5, 5.41) is 3.24. The van der Waals surface area contributed by atoms with E-state index in [1.165, 1.54) is 17.1 Å². The molecule has 1 unspecified atom stereocenters. The van der Waals surface area contributed by atoms with Crippen LogP contribution in [0.25, 0.3) is 0 Å². The molecule has 0 amide bonds. The van der Waals surface area contributed by atoms with E-state index in [4.69, 9.17) is 0 Å². The highest BCUT2D eigenvalue weighted by Crippen LogP contribution is 2.18. The lowest BCUT2D eigenvalue weighted by atomic mass is 10.1. The Hall–Kier alpha value is -0.130. The zero-order valence-electron chi connectivity index (χ0n) is 11.4. The third-order valence-corrected chi connectivity index (χ3v) is 5.20. The normalized spacial score (nSPS) is 18.9. The molecule has 1 aliphatic rings. The van der Waals surface area contributed by atoms with E-state index in [9.17, 15) is 8.42 Å². The van der Waals surface area contributed by atoms with Gasteiger partial charge in [0, 0.05) is 25.7 Å².